The average molecular weight is 383 g/mol. The number of alkyl halides is 3. The molecule has 23 heavy (non-hydrogen) atoms. The van der Waals surface area contributed by atoms with Gasteiger partial charge in [-0.3, -0.25) is 0 Å². The van der Waals surface area contributed by atoms with E-state index in [0.717, 1.165) is 12.5 Å². The minimum Gasteiger partial charge on any atom is -0.377 e. The van der Waals surface area contributed by atoms with Crippen molar-refractivity contribution in [1.82, 2.24) is 0 Å². The number of rotatable bonds is 10. The highest BCUT2D eigenvalue weighted by atomic mass is 28.4. The number of hydrogen-bond donors (Lipinski definition) is 0. The molecule has 0 aliphatic rings. The molecule has 6 nitrogen and oxygen atoms in total. The van der Waals surface area contributed by atoms with E-state index in [4.69, 9.17) is 26.6 Å². The lowest BCUT2D eigenvalue weighted by atomic mass is 10.5. The Kier molecular flexibility index (Phi) is 13.6. The molecule has 0 heterocycles. The summed E-state index contributed by atoms with van der Waals surface area (Å²) in [6, 6.07) is 0.635. The van der Waals surface area contributed by atoms with Crippen molar-refractivity contribution in [3.8, 4) is 0 Å². The summed E-state index contributed by atoms with van der Waals surface area (Å²) in [6.45, 7) is 2.08. The van der Waals surface area contributed by atoms with Crippen LogP contribution in [0, 0.1) is 0 Å². The monoisotopic (exact) mass is 382 g/mol. The molecule has 0 saturated heterocycles. The molecule has 0 aromatic rings. The normalized spacial score (nSPS) is 12.8. The Bertz CT molecular complexity index is 270. The molecule has 0 saturated carbocycles. The Balaban J connectivity index is 0. The minimum atomic E-state index is -4.20. The van der Waals surface area contributed by atoms with Gasteiger partial charge in [-0.1, -0.05) is 13.3 Å². The Morgan fingerprint density at radius 3 is 1.13 bits per heavy atom. The van der Waals surface area contributed by atoms with E-state index >= 15 is 0 Å². The van der Waals surface area contributed by atoms with Crippen LogP contribution in [0.2, 0.25) is 12.1 Å². The molecule has 0 spiro atoms. The molecule has 0 rings (SSSR count). The van der Waals surface area contributed by atoms with Gasteiger partial charge in [-0.15, -0.1) is 0 Å². The second-order valence-corrected chi connectivity index (χ2v) is 10.6. The van der Waals surface area contributed by atoms with Crippen LogP contribution >= 0.6 is 0 Å². The van der Waals surface area contributed by atoms with E-state index in [1.165, 1.54) is 21.3 Å². The Morgan fingerprint density at radius 2 is 0.957 bits per heavy atom. The van der Waals surface area contributed by atoms with Crippen molar-refractivity contribution in [1.29, 1.82) is 0 Å². The fraction of sp³-hybridized carbons (Fsp3) is 1.00. The van der Waals surface area contributed by atoms with Crippen LogP contribution in [-0.4, -0.2) is 66.4 Å². The lowest BCUT2D eigenvalue weighted by molar-refractivity contribution is -0.132. The van der Waals surface area contributed by atoms with Crippen molar-refractivity contribution in [3.05, 3.63) is 0 Å². The lowest BCUT2D eigenvalue weighted by Crippen LogP contribution is -2.43. The van der Waals surface area contributed by atoms with E-state index in [-0.39, 0.29) is 6.04 Å². The van der Waals surface area contributed by atoms with Gasteiger partial charge in [0.05, 0.1) is 0 Å². The largest absolute Gasteiger partial charge is 0.500 e. The zero-order chi connectivity index (χ0) is 18.6. The molecule has 0 aromatic heterocycles. The maximum Gasteiger partial charge on any atom is 0.500 e. The van der Waals surface area contributed by atoms with Crippen molar-refractivity contribution in [2.24, 2.45) is 0 Å². The third-order valence-electron chi connectivity index (χ3n) is 3.14. The highest BCUT2D eigenvalue weighted by Crippen LogP contribution is 2.26. The van der Waals surface area contributed by atoms with Gasteiger partial charge in [-0.05, 0) is 0 Å². The molecule has 0 amide bonds. The van der Waals surface area contributed by atoms with E-state index < -0.39 is 30.2 Å². The Morgan fingerprint density at radius 1 is 0.652 bits per heavy atom. The van der Waals surface area contributed by atoms with Gasteiger partial charge < -0.3 is 26.6 Å². The van der Waals surface area contributed by atoms with Gasteiger partial charge in [0, 0.05) is 61.2 Å². The second kappa shape index (κ2) is 12.4. The van der Waals surface area contributed by atoms with Crippen molar-refractivity contribution < 1.29 is 39.7 Å². The fourth-order valence-electron chi connectivity index (χ4n) is 1.71. The minimum absolute atomic E-state index is 0.250. The molecule has 11 heteroatoms. The van der Waals surface area contributed by atoms with Crippen LogP contribution in [0.1, 0.15) is 19.8 Å². The molecule has 0 N–H and O–H groups in total. The van der Waals surface area contributed by atoms with Gasteiger partial charge in [0.2, 0.25) is 0 Å². The van der Waals surface area contributed by atoms with E-state index in [0.29, 0.717) is 0 Å². The zero-order valence-electron chi connectivity index (χ0n) is 14.9. The second-order valence-electron chi connectivity index (χ2n) is 4.46. The van der Waals surface area contributed by atoms with Crippen LogP contribution in [0.15, 0.2) is 0 Å². The highest BCUT2D eigenvalue weighted by Gasteiger charge is 2.42. The molecule has 142 valence electrons. The summed E-state index contributed by atoms with van der Waals surface area (Å²) in [5.74, 6) is 0. The van der Waals surface area contributed by atoms with Gasteiger partial charge in [-0.25, -0.2) is 0 Å². The summed E-state index contributed by atoms with van der Waals surface area (Å²) in [6.07, 6.45) is -4.12. The molecular weight excluding hydrogens is 353 g/mol. The summed E-state index contributed by atoms with van der Waals surface area (Å²) in [7, 11) is 3.50. The summed E-state index contributed by atoms with van der Waals surface area (Å²) in [4.78, 5) is 0. The lowest BCUT2D eigenvalue weighted by Gasteiger charge is -2.24. The van der Waals surface area contributed by atoms with Crippen LogP contribution in [0.25, 0.3) is 0 Å². The molecule has 0 radical (unpaired) electrons. The van der Waals surface area contributed by atoms with Gasteiger partial charge in [0.15, 0.2) is 0 Å². The Labute approximate surface area is 138 Å². The SMILES string of the molecule is CCC[Si](OC)(OC)OC.CO[Si](CCC(F)(F)F)(OC)OC. The van der Waals surface area contributed by atoms with Crippen LogP contribution in [0.3, 0.4) is 0 Å². The van der Waals surface area contributed by atoms with Crippen molar-refractivity contribution in [2.75, 3.05) is 42.7 Å². The quantitative estimate of drug-likeness (QED) is 0.541. The summed E-state index contributed by atoms with van der Waals surface area (Å²) >= 11 is 0. The van der Waals surface area contributed by atoms with Gasteiger partial charge in [-0.2, -0.15) is 13.2 Å². The number of hydrogen-bond acceptors (Lipinski definition) is 6. The van der Waals surface area contributed by atoms with Crippen LogP contribution in [0.5, 0.6) is 0 Å². The fourth-order valence-corrected chi connectivity index (χ4v) is 5.14. The summed E-state index contributed by atoms with van der Waals surface area (Å²) in [5, 5.41) is 0. The predicted octanol–water partition coefficient (Wildman–Crippen LogP) is 3.09. The van der Waals surface area contributed by atoms with Crippen LogP contribution in [-0.2, 0) is 26.6 Å². The first-order valence-corrected chi connectivity index (χ1v) is 10.9. The van der Waals surface area contributed by atoms with Crippen LogP contribution < -0.4 is 0 Å². The smallest absolute Gasteiger partial charge is 0.377 e. The standard InChI is InChI=1S/C6H13F3O3Si.C6H16O3Si/c1-10-13(11-2,12-3)5-4-6(7,8)9;1-5-6-10(7-2,8-3)9-4/h4-5H2,1-3H3;5-6H2,1-4H3. The van der Waals surface area contributed by atoms with Crippen molar-refractivity contribution in [2.45, 2.75) is 38.0 Å². The Hall–Kier alpha value is -0.0162. The maximum atomic E-state index is 11.9. The van der Waals surface area contributed by atoms with Crippen molar-refractivity contribution in [3.63, 3.8) is 0 Å². The molecule has 0 unspecified atom stereocenters. The maximum absolute atomic E-state index is 11.9. The molecule has 0 aliphatic carbocycles. The van der Waals surface area contributed by atoms with Gasteiger partial charge >= 0.3 is 23.8 Å². The first-order valence-electron chi connectivity index (χ1n) is 7.01. The molecular formula is C12H29F3O6Si2. The molecule has 0 bridgehead atoms. The van der Waals surface area contributed by atoms with E-state index in [2.05, 4.69) is 6.92 Å². The van der Waals surface area contributed by atoms with Gasteiger partial charge in [0.1, 0.15) is 0 Å². The summed E-state index contributed by atoms with van der Waals surface area (Å²) in [5.41, 5.74) is 0. The first-order chi connectivity index (χ1) is 10.6. The van der Waals surface area contributed by atoms with E-state index in [1.807, 2.05) is 0 Å². The molecule has 0 aliphatic heterocycles. The molecule has 0 fully saturated rings. The third kappa shape index (κ3) is 10.5. The van der Waals surface area contributed by atoms with E-state index in [1.54, 1.807) is 21.3 Å². The molecule has 0 atom stereocenters. The first kappa shape index (κ1) is 25.2. The van der Waals surface area contributed by atoms with Gasteiger partial charge in [0.25, 0.3) is 0 Å². The average Bonchev–Trinajstić information content (AvgIpc) is 2.54. The summed E-state index contributed by atoms with van der Waals surface area (Å²) < 4.78 is 65.5. The van der Waals surface area contributed by atoms with Crippen LogP contribution in [0.4, 0.5) is 13.2 Å². The number of halogens is 3. The molecule has 0 aromatic carbocycles. The topological polar surface area (TPSA) is 55.4 Å². The van der Waals surface area contributed by atoms with E-state index in [9.17, 15) is 13.2 Å². The van der Waals surface area contributed by atoms with Crippen molar-refractivity contribution >= 4 is 17.6 Å². The zero-order valence-corrected chi connectivity index (χ0v) is 16.9. The highest BCUT2D eigenvalue weighted by molar-refractivity contribution is 6.60. The predicted molar refractivity (Wildman–Crippen MR) is 84.1 cm³/mol. The third-order valence-corrected chi connectivity index (χ3v) is 8.84.